The van der Waals surface area contributed by atoms with Crippen molar-refractivity contribution >= 4 is 27.4 Å². The SMILES string of the molecule is Oc1ccc(OC[C@H](O)CNC2CCN(c3ncnc4scc(-c5ccccc5)c34)CC2)cc1. The van der Waals surface area contributed by atoms with Crippen molar-refractivity contribution in [3.05, 3.63) is 66.3 Å². The fourth-order valence-corrected chi connectivity index (χ4v) is 5.23. The summed E-state index contributed by atoms with van der Waals surface area (Å²) in [5.74, 6) is 1.83. The molecule has 0 spiro atoms. The first-order valence-electron chi connectivity index (χ1n) is 11.5. The number of piperidine rings is 1. The first-order chi connectivity index (χ1) is 16.7. The van der Waals surface area contributed by atoms with Gasteiger partial charge in [-0.2, -0.15) is 0 Å². The highest BCUT2D eigenvalue weighted by atomic mass is 32.1. The van der Waals surface area contributed by atoms with Gasteiger partial charge in [0.05, 0.1) is 5.39 Å². The minimum absolute atomic E-state index is 0.193. The van der Waals surface area contributed by atoms with Crippen LogP contribution < -0.4 is 15.0 Å². The second-order valence-corrected chi connectivity index (χ2v) is 9.38. The molecule has 1 aliphatic heterocycles. The molecule has 0 unspecified atom stereocenters. The Bertz CT molecular complexity index is 1210. The fraction of sp³-hybridized carbons (Fsp3) is 0.308. The summed E-state index contributed by atoms with van der Waals surface area (Å²) in [5.41, 5.74) is 2.37. The largest absolute Gasteiger partial charge is 0.508 e. The van der Waals surface area contributed by atoms with Crippen LogP contribution in [0.1, 0.15) is 12.8 Å². The number of aliphatic hydroxyl groups excluding tert-OH is 1. The number of nitrogens with zero attached hydrogens (tertiary/aromatic N) is 3. The Hall–Kier alpha value is -3.20. The number of thiophene rings is 1. The number of anilines is 1. The molecule has 34 heavy (non-hydrogen) atoms. The van der Waals surface area contributed by atoms with E-state index in [1.807, 2.05) is 6.07 Å². The normalized spacial score (nSPS) is 15.5. The number of aliphatic hydroxyl groups is 1. The average Bonchev–Trinajstić information content (AvgIpc) is 3.32. The lowest BCUT2D eigenvalue weighted by Crippen LogP contribution is -2.45. The van der Waals surface area contributed by atoms with Crippen molar-refractivity contribution in [1.29, 1.82) is 0 Å². The van der Waals surface area contributed by atoms with Crippen LogP contribution in [-0.4, -0.2) is 58.6 Å². The maximum absolute atomic E-state index is 10.3. The minimum atomic E-state index is -0.604. The number of ether oxygens (including phenoxy) is 1. The molecular formula is C26H28N4O3S. The standard InChI is InChI=1S/C26H28N4O3S/c31-20-6-8-22(9-7-20)33-15-21(32)14-27-19-10-12-30(13-11-19)25-24-23(18-4-2-1-3-5-18)16-34-26(24)29-17-28-25/h1-9,16-17,19,21,27,31-32H,10-15H2/t21-/m1/s1. The van der Waals surface area contributed by atoms with Gasteiger partial charge in [0.15, 0.2) is 0 Å². The van der Waals surface area contributed by atoms with E-state index in [1.54, 1.807) is 41.9 Å². The summed E-state index contributed by atoms with van der Waals surface area (Å²) in [6.07, 6.45) is 3.01. The van der Waals surface area contributed by atoms with Crippen molar-refractivity contribution in [3.63, 3.8) is 0 Å². The lowest BCUT2D eigenvalue weighted by molar-refractivity contribution is 0.102. The summed E-state index contributed by atoms with van der Waals surface area (Å²) in [6, 6.07) is 17.3. The Morgan fingerprint density at radius 3 is 2.59 bits per heavy atom. The molecular weight excluding hydrogens is 448 g/mol. The van der Waals surface area contributed by atoms with Crippen LogP contribution in [0, 0.1) is 0 Å². The predicted octanol–water partition coefficient (Wildman–Crippen LogP) is 4.06. The van der Waals surface area contributed by atoms with Crippen molar-refractivity contribution in [2.45, 2.75) is 25.0 Å². The summed E-state index contributed by atoms with van der Waals surface area (Å²) in [7, 11) is 0. The van der Waals surface area contributed by atoms with E-state index >= 15 is 0 Å². The van der Waals surface area contributed by atoms with E-state index in [4.69, 9.17) is 4.74 Å². The van der Waals surface area contributed by atoms with Gasteiger partial charge in [-0.3, -0.25) is 0 Å². The number of fused-ring (bicyclic) bond motifs is 1. The zero-order valence-electron chi connectivity index (χ0n) is 18.8. The Morgan fingerprint density at radius 1 is 1.06 bits per heavy atom. The lowest BCUT2D eigenvalue weighted by atomic mass is 10.0. The predicted molar refractivity (Wildman–Crippen MR) is 136 cm³/mol. The fourth-order valence-electron chi connectivity index (χ4n) is 4.32. The molecule has 1 atom stereocenters. The van der Waals surface area contributed by atoms with Gasteiger partial charge in [-0.25, -0.2) is 9.97 Å². The highest BCUT2D eigenvalue weighted by molar-refractivity contribution is 7.17. The molecule has 2 aromatic heterocycles. The topological polar surface area (TPSA) is 90.7 Å². The summed E-state index contributed by atoms with van der Waals surface area (Å²) in [6.45, 7) is 2.47. The van der Waals surface area contributed by atoms with E-state index in [0.717, 1.165) is 42.0 Å². The van der Waals surface area contributed by atoms with E-state index in [2.05, 4.69) is 49.8 Å². The van der Waals surface area contributed by atoms with Crippen molar-refractivity contribution in [2.24, 2.45) is 0 Å². The Balaban J connectivity index is 1.16. The minimum Gasteiger partial charge on any atom is -0.508 e. The quantitative estimate of drug-likeness (QED) is 0.353. The van der Waals surface area contributed by atoms with Crippen molar-refractivity contribution in [2.75, 3.05) is 31.1 Å². The highest BCUT2D eigenvalue weighted by Gasteiger charge is 2.24. The number of hydrogen-bond donors (Lipinski definition) is 3. The molecule has 1 saturated heterocycles. The number of benzene rings is 2. The summed E-state index contributed by atoms with van der Waals surface area (Å²) >= 11 is 1.66. The van der Waals surface area contributed by atoms with Crippen molar-refractivity contribution in [1.82, 2.24) is 15.3 Å². The van der Waals surface area contributed by atoms with Crippen LogP contribution in [0.4, 0.5) is 5.82 Å². The smallest absolute Gasteiger partial charge is 0.141 e. The average molecular weight is 477 g/mol. The molecule has 3 N–H and O–H groups in total. The molecule has 7 nitrogen and oxygen atoms in total. The molecule has 5 rings (SSSR count). The van der Waals surface area contributed by atoms with Gasteiger partial charge in [0, 0.05) is 36.6 Å². The lowest BCUT2D eigenvalue weighted by Gasteiger charge is -2.34. The Morgan fingerprint density at radius 2 is 1.82 bits per heavy atom. The first kappa shape index (κ1) is 22.6. The van der Waals surface area contributed by atoms with Crippen molar-refractivity contribution < 1.29 is 14.9 Å². The number of phenolic OH excluding ortho intramolecular Hbond substituents is 1. The number of hydrogen-bond acceptors (Lipinski definition) is 8. The maximum atomic E-state index is 10.3. The number of phenols is 1. The van der Waals surface area contributed by atoms with Crippen LogP contribution in [0.15, 0.2) is 66.3 Å². The molecule has 0 saturated carbocycles. The van der Waals surface area contributed by atoms with Gasteiger partial charge in [0.1, 0.15) is 41.2 Å². The van der Waals surface area contributed by atoms with Crippen LogP contribution in [0.25, 0.3) is 21.3 Å². The van der Waals surface area contributed by atoms with E-state index in [1.165, 1.54) is 11.1 Å². The molecule has 1 aliphatic rings. The zero-order chi connectivity index (χ0) is 23.3. The van der Waals surface area contributed by atoms with Gasteiger partial charge in [0.25, 0.3) is 0 Å². The van der Waals surface area contributed by atoms with Crippen molar-refractivity contribution in [3.8, 4) is 22.6 Å². The van der Waals surface area contributed by atoms with Crippen LogP contribution >= 0.6 is 11.3 Å². The van der Waals surface area contributed by atoms with Gasteiger partial charge in [-0.1, -0.05) is 30.3 Å². The van der Waals surface area contributed by atoms with Crippen LogP contribution in [0.3, 0.4) is 0 Å². The zero-order valence-corrected chi connectivity index (χ0v) is 19.6. The monoisotopic (exact) mass is 476 g/mol. The molecule has 0 bridgehead atoms. The van der Waals surface area contributed by atoms with E-state index in [-0.39, 0.29) is 12.4 Å². The van der Waals surface area contributed by atoms with Crippen LogP contribution in [0.2, 0.25) is 0 Å². The Labute approximate surface area is 202 Å². The second kappa shape index (κ2) is 10.4. The molecule has 4 aromatic rings. The molecule has 0 aliphatic carbocycles. The molecule has 0 amide bonds. The van der Waals surface area contributed by atoms with Gasteiger partial charge in [-0.05, 0) is 42.7 Å². The molecule has 8 heteroatoms. The van der Waals surface area contributed by atoms with Gasteiger partial charge in [0.2, 0.25) is 0 Å². The number of aromatic hydroxyl groups is 1. The van der Waals surface area contributed by atoms with Gasteiger partial charge >= 0.3 is 0 Å². The summed E-state index contributed by atoms with van der Waals surface area (Å²) in [5, 5.41) is 26.4. The molecule has 3 heterocycles. The highest BCUT2D eigenvalue weighted by Crippen LogP contribution is 2.38. The van der Waals surface area contributed by atoms with Crippen LogP contribution in [-0.2, 0) is 0 Å². The van der Waals surface area contributed by atoms with E-state index < -0.39 is 6.10 Å². The van der Waals surface area contributed by atoms with E-state index in [9.17, 15) is 10.2 Å². The second-order valence-electron chi connectivity index (χ2n) is 8.52. The summed E-state index contributed by atoms with van der Waals surface area (Å²) < 4.78 is 5.60. The van der Waals surface area contributed by atoms with Gasteiger partial charge in [-0.15, -0.1) is 11.3 Å². The third-order valence-electron chi connectivity index (χ3n) is 6.15. The third kappa shape index (κ3) is 5.14. The maximum Gasteiger partial charge on any atom is 0.141 e. The summed E-state index contributed by atoms with van der Waals surface area (Å²) in [4.78, 5) is 12.5. The number of aromatic nitrogens is 2. The Kier molecular flexibility index (Phi) is 6.89. The first-order valence-corrected chi connectivity index (χ1v) is 12.4. The van der Waals surface area contributed by atoms with Crippen LogP contribution in [0.5, 0.6) is 11.5 Å². The van der Waals surface area contributed by atoms with Gasteiger partial charge < -0.3 is 25.2 Å². The van der Waals surface area contributed by atoms with E-state index in [0.29, 0.717) is 18.3 Å². The molecule has 2 aromatic carbocycles. The molecule has 176 valence electrons. The number of nitrogens with one attached hydrogen (secondary N) is 1. The number of rotatable bonds is 8. The molecule has 0 radical (unpaired) electrons. The molecule has 1 fully saturated rings. The third-order valence-corrected chi connectivity index (χ3v) is 7.04.